The Bertz CT molecular complexity index is 617. The number of rotatable bonds is 5. The maximum absolute atomic E-state index is 12.6. The van der Waals surface area contributed by atoms with E-state index in [2.05, 4.69) is 5.32 Å². The van der Waals surface area contributed by atoms with Crippen molar-refractivity contribution in [2.24, 2.45) is 0 Å². The molecule has 1 heterocycles. The zero-order chi connectivity index (χ0) is 18.7. The first kappa shape index (κ1) is 19.2. The fourth-order valence-corrected chi connectivity index (χ4v) is 2.69. The molecule has 1 aromatic carbocycles. The molecule has 0 saturated carbocycles. The number of likely N-dealkylation sites (tertiary alicyclic amines) is 1. The van der Waals surface area contributed by atoms with Crippen LogP contribution < -0.4 is 5.32 Å². The number of carbonyl (C=O) groups is 2. The molecule has 0 bridgehead atoms. The van der Waals surface area contributed by atoms with E-state index in [4.69, 9.17) is 0 Å². The van der Waals surface area contributed by atoms with Crippen LogP contribution >= 0.6 is 0 Å². The molecular weight excluding hydrogens is 337 g/mol. The van der Waals surface area contributed by atoms with Crippen LogP contribution in [-0.2, 0) is 16.0 Å². The van der Waals surface area contributed by atoms with Crippen molar-refractivity contribution in [1.29, 1.82) is 0 Å². The van der Waals surface area contributed by atoms with Gasteiger partial charge in [0.25, 0.3) is 0 Å². The third-order valence-corrected chi connectivity index (χ3v) is 4.29. The van der Waals surface area contributed by atoms with Gasteiger partial charge in [-0.25, -0.2) is 0 Å². The Balaban J connectivity index is 1.96. The van der Waals surface area contributed by atoms with Gasteiger partial charge in [0.05, 0.1) is 13.0 Å². The molecular formula is C17H21F3N2O3. The standard InChI is InChI=1S/C17H21F3N2O3/c1-16(25,17(18,19)20)11-21-15(24)13-8-5-9-22(13)14(23)10-12-6-3-2-4-7-12/h2-4,6-7,13,25H,5,8-11H2,1H3,(H,21,24). The SMILES string of the molecule is CC(O)(CNC(=O)C1CCCN1C(=O)Cc1ccccc1)C(F)(F)F. The summed E-state index contributed by atoms with van der Waals surface area (Å²) in [5, 5.41) is 11.5. The van der Waals surface area contributed by atoms with Crippen molar-refractivity contribution in [3.8, 4) is 0 Å². The van der Waals surface area contributed by atoms with Crippen LogP contribution in [0.25, 0.3) is 0 Å². The highest BCUT2D eigenvalue weighted by Gasteiger charge is 2.50. The Morgan fingerprint density at radius 1 is 1.28 bits per heavy atom. The molecule has 1 aromatic rings. The maximum Gasteiger partial charge on any atom is 0.418 e. The minimum absolute atomic E-state index is 0.130. The van der Waals surface area contributed by atoms with E-state index < -0.39 is 30.3 Å². The van der Waals surface area contributed by atoms with Crippen LogP contribution in [0.15, 0.2) is 30.3 Å². The number of hydrogen-bond acceptors (Lipinski definition) is 3. The van der Waals surface area contributed by atoms with Crippen LogP contribution in [0.5, 0.6) is 0 Å². The fraction of sp³-hybridized carbons (Fsp3) is 0.529. The summed E-state index contributed by atoms with van der Waals surface area (Å²) in [5.41, 5.74) is -2.21. The van der Waals surface area contributed by atoms with Gasteiger partial charge in [-0.2, -0.15) is 13.2 Å². The van der Waals surface area contributed by atoms with Gasteiger partial charge in [0, 0.05) is 6.54 Å². The predicted octanol–water partition coefficient (Wildman–Crippen LogP) is 1.65. The number of amides is 2. The van der Waals surface area contributed by atoms with Crippen molar-refractivity contribution < 1.29 is 27.9 Å². The van der Waals surface area contributed by atoms with Crippen molar-refractivity contribution in [1.82, 2.24) is 10.2 Å². The van der Waals surface area contributed by atoms with Crippen molar-refractivity contribution in [3.63, 3.8) is 0 Å². The molecule has 2 amide bonds. The van der Waals surface area contributed by atoms with Gasteiger partial charge in [0.1, 0.15) is 6.04 Å². The Hall–Kier alpha value is -2.09. The molecule has 0 spiro atoms. The lowest BCUT2D eigenvalue weighted by Crippen LogP contribution is -2.54. The normalized spacial score (nSPS) is 20.2. The lowest BCUT2D eigenvalue weighted by atomic mass is 10.1. The molecule has 2 rings (SSSR count). The molecule has 0 radical (unpaired) electrons. The molecule has 0 aliphatic carbocycles. The first-order chi connectivity index (χ1) is 11.6. The molecule has 1 aliphatic rings. The molecule has 25 heavy (non-hydrogen) atoms. The quantitative estimate of drug-likeness (QED) is 0.841. The number of alkyl halides is 3. The van der Waals surface area contributed by atoms with Crippen LogP contribution in [0.2, 0.25) is 0 Å². The highest BCUT2D eigenvalue weighted by molar-refractivity contribution is 5.89. The lowest BCUT2D eigenvalue weighted by molar-refractivity contribution is -0.250. The van der Waals surface area contributed by atoms with E-state index in [0.717, 1.165) is 5.56 Å². The van der Waals surface area contributed by atoms with Crippen LogP contribution in [0, 0.1) is 0 Å². The minimum Gasteiger partial charge on any atom is -0.379 e. The summed E-state index contributed by atoms with van der Waals surface area (Å²) < 4.78 is 37.9. The number of aliphatic hydroxyl groups is 1. The monoisotopic (exact) mass is 358 g/mol. The van der Waals surface area contributed by atoms with Gasteiger partial charge in [0.2, 0.25) is 11.8 Å². The van der Waals surface area contributed by atoms with Gasteiger partial charge >= 0.3 is 6.18 Å². The second-order valence-electron chi connectivity index (χ2n) is 6.40. The maximum atomic E-state index is 12.6. The first-order valence-corrected chi connectivity index (χ1v) is 8.02. The molecule has 5 nitrogen and oxygen atoms in total. The molecule has 8 heteroatoms. The van der Waals surface area contributed by atoms with Crippen molar-refractivity contribution in [2.75, 3.05) is 13.1 Å². The third-order valence-electron chi connectivity index (χ3n) is 4.29. The van der Waals surface area contributed by atoms with Crippen LogP contribution in [0.4, 0.5) is 13.2 Å². The Morgan fingerprint density at radius 3 is 2.52 bits per heavy atom. The molecule has 1 saturated heterocycles. The summed E-state index contributed by atoms with van der Waals surface area (Å²) in [7, 11) is 0. The zero-order valence-electron chi connectivity index (χ0n) is 13.8. The predicted molar refractivity (Wildman–Crippen MR) is 84.6 cm³/mol. The topological polar surface area (TPSA) is 69.6 Å². The highest BCUT2D eigenvalue weighted by Crippen LogP contribution is 2.29. The van der Waals surface area contributed by atoms with E-state index >= 15 is 0 Å². The second-order valence-corrected chi connectivity index (χ2v) is 6.40. The number of nitrogens with one attached hydrogen (secondary N) is 1. The number of carbonyl (C=O) groups excluding carboxylic acids is 2. The Kier molecular flexibility index (Phi) is 5.72. The second kappa shape index (κ2) is 7.43. The Labute approximate surface area is 143 Å². The van der Waals surface area contributed by atoms with Crippen LogP contribution in [-0.4, -0.2) is 52.7 Å². The van der Waals surface area contributed by atoms with Gasteiger partial charge in [-0.1, -0.05) is 30.3 Å². The lowest BCUT2D eigenvalue weighted by Gasteiger charge is -2.29. The van der Waals surface area contributed by atoms with Gasteiger partial charge in [0.15, 0.2) is 5.60 Å². The number of nitrogens with zero attached hydrogens (tertiary/aromatic N) is 1. The molecule has 0 aromatic heterocycles. The molecule has 138 valence electrons. The fourth-order valence-electron chi connectivity index (χ4n) is 2.69. The summed E-state index contributed by atoms with van der Waals surface area (Å²) in [6, 6.07) is 8.21. The largest absolute Gasteiger partial charge is 0.418 e. The summed E-state index contributed by atoms with van der Waals surface area (Å²) in [6.45, 7) is 0.0339. The molecule has 2 unspecified atom stereocenters. The van der Waals surface area contributed by atoms with Gasteiger partial charge in [-0.15, -0.1) is 0 Å². The van der Waals surface area contributed by atoms with Crippen LogP contribution in [0.3, 0.4) is 0 Å². The molecule has 2 N–H and O–H groups in total. The van der Waals surface area contributed by atoms with E-state index in [1.165, 1.54) is 4.90 Å². The van der Waals surface area contributed by atoms with Gasteiger partial charge in [-0.3, -0.25) is 9.59 Å². The Morgan fingerprint density at radius 2 is 1.92 bits per heavy atom. The minimum atomic E-state index is -4.85. The summed E-state index contributed by atoms with van der Waals surface area (Å²) in [5.74, 6) is -0.921. The van der Waals surface area contributed by atoms with E-state index in [-0.39, 0.29) is 12.3 Å². The smallest absolute Gasteiger partial charge is 0.379 e. The molecule has 2 atom stereocenters. The number of benzene rings is 1. The third kappa shape index (κ3) is 4.72. The molecule has 1 aliphatic heterocycles. The summed E-state index contributed by atoms with van der Waals surface area (Å²) >= 11 is 0. The number of halogens is 3. The average Bonchev–Trinajstić information content (AvgIpc) is 3.02. The van der Waals surface area contributed by atoms with E-state index in [1.807, 2.05) is 6.07 Å². The van der Waals surface area contributed by atoms with Crippen molar-refractivity contribution >= 4 is 11.8 Å². The van der Waals surface area contributed by atoms with E-state index in [0.29, 0.717) is 26.3 Å². The highest BCUT2D eigenvalue weighted by atomic mass is 19.4. The van der Waals surface area contributed by atoms with Crippen LogP contribution in [0.1, 0.15) is 25.3 Å². The van der Waals surface area contributed by atoms with E-state index in [1.54, 1.807) is 24.3 Å². The van der Waals surface area contributed by atoms with Gasteiger partial charge < -0.3 is 15.3 Å². The summed E-state index contributed by atoms with van der Waals surface area (Å²) in [6.07, 6.45) is -3.72. The van der Waals surface area contributed by atoms with Crippen molar-refractivity contribution in [2.45, 2.75) is 44.0 Å². The van der Waals surface area contributed by atoms with Crippen molar-refractivity contribution in [3.05, 3.63) is 35.9 Å². The number of hydrogen-bond donors (Lipinski definition) is 2. The molecule has 1 fully saturated rings. The average molecular weight is 358 g/mol. The zero-order valence-corrected chi connectivity index (χ0v) is 13.8. The first-order valence-electron chi connectivity index (χ1n) is 8.02. The van der Waals surface area contributed by atoms with Gasteiger partial charge in [-0.05, 0) is 25.3 Å². The van der Waals surface area contributed by atoms with E-state index in [9.17, 15) is 27.9 Å². The summed E-state index contributed by atoms with van der Waals surface area (Å²) in [4.78, 5) is 26.0.